The summed E-state index contributed by atoms with van der Waals surface area (Å²) in [6.07, 6.45) is 0. The van der Waals surface area contributed by atoms with Gasteiger partial charge in [0.15, 0.2) is 0 Å². The van der Waals surface area contributed by atoms with Crippen molar-refractivity contribution in [2.75, 3.05) is 0 Å². The molecule has 10 saturated heterocycles. The minimum absolute atomic E-state index is 1.33. The summed E-state index contributed by atoms with van der Waals surface area (Å²) in [5.41, 5.74) is 0. The maximum Gasteiger partial charge on any atom is -0.00264 e. The summed E-state index contributed by atoms with van der Waals surface area (Å²) in [6, 6.07) is 26.4. The van der Waals surface area contributed by atoms with E-state index in [0.29, 0.717) is 0 Å². The molecule has 31 heavy (non-hydrogen) atoms. The first-order valence-electron chi connectivity index (χ1n) is 12.4. The molecule has 0 atom stereocenters. The summed E-state index contributed by atoms with van der Waals surface area (Å²) in [5, 5.41) is 10.9. The van der Waals surface area contributed by atoms with E-state index in [9.17, 15) is 0 Å². The summed E-state index contributed by atoms with van der Waals surface area (Å²) in [5.74, 6) is 0. The molecule has 1 heteroatoms. The van der Waals surface area contributed by atoms with Crippen LogP contribution in [-0.4, -0.2) is 0 Å². The van der Waals surface area contributed by atoms with Crippen LogP contribution < -0.4 is 0 Å². The number of hydrogen-bond donors (Lipinski definition) is 0. The second kappa shape index (κ2) is 1.71. The molecule has 5 aromatic rings. The van der Waals surface area contributed by atoms with Crippen molar-refractivity contribution in [1.82, 2.24) is 0 Å². The van der Waals surface area contributed by atoms with Crippen LogP contribution in [0.25, 0.3) is 43.1 Å². The fraction of sp³-hybridized carbons (Fsp3) is 0.333. The molecule has 0 bridgehead atoms. The first-order chi connectivity index (χ1) is 15.1. The molecule has 0 saturated carbocycles. The Labute approximate surface area is 170 Å². The van der Waals surface area contributed by atoms with Gasteiger partial charge in [0.05, 0.1) is 0 Å². The number of benzene rings is 5. The van der Waals surface area contributed by atoms with E-state index in [1.54, 1.807) is 48.2 Å². The molecule has 0 aliphatic carbocycles. The van der Waals surface area contributed by atoms with Gasteiger partial charge in [-0.1, -0.05) is 72.8 Å². The Morgan fingerprint density at radius 3 is 0.806 bits per heavy atom. The molecule has 10 aliphatic rings. The van der Waals surface area contributed by atoms with Crippen LogP contribution in [0.3, 0.4) is 0 Å². The van der Waals surface area contributed by atoms with Crippen molar-refractivity contribution < 1.29 is 6.51 Å². The third-order valence-electron chi connectivity index (χ3n) is 18.9. The van der Waals surface area contributed by atoms with E-state index in [4.69, 9.17) is 0 Å². The van der Waals surface area contributed by atoms with Crippen molar-refractivity contribution in [2.45, 2.75) is 48.2 Å². The zero-order valence-electron chi connectivity index (χ0n) is 17.1. The maximum atomic E-state index is 2.25. The van der Waals surface area contributed by atoms with Gasteiger partial charge in [-0.3, -0.25) is 0 Å². The molecule has 15 rings (SSSR count). The fourth-order valence-electron chi connectivity index (χ4n) is 19.4. The predicted molar refractivity (Wildman–Crippen MR) is 125 cm³/mol. The van der Waals surface area contributed by atoms with Crippen molar-refractivity contribution in [1.29, 1.82) is 0 Å². The molecule has 10 aliphatic heterocycles. The molecule has 0 nitrogen and oxygen atoms in total. The first kappa shape index (κ1) is 12.8. The smallest absolute Gasteiger partial charge is 0.00264 e. The van der Waals surface area contributed by atoms with Gasteiger partial charge in [-0.2, -0.15) is 0 Å². The van der Waals surface area contributed by atoms with Gasteiger partial charge in [0.2, 0.25) is 0 Å². The average molecular weight is 438 g/mol. The minimum Gasteiger partial charge on any atom is -0.0610 e. The number of rotatable bonds is 0. The molecule has 0 amide bonds. The van der Waals surface area contributed by atoms with E-state index in [1.165, 1.54) is 43.1 Å². The van der Waals surface area contributed by atoms with Crippen LogP contribution in [0.5, 0.6) is 0 Å². The molecule has 10 fully saturated rings. The van der Waals surface area contributed by atoms with Gasteiger partial charge in [0.25, 0.3) is 0 Å². The van der Waals surface area contributed by atoms with Gasteiger partial charge in [0.1, 0.15) is 0 Å². The molecule has 0 N–H and O–H groups in total. The Kier molecular flexibility index (Phi) is 0.706. The van der Waals surface area contributed by atoms with Crippen molar-refractivity contribution in [3.63, 3.8) is 0 Å². The van der Waals surface area contributed by atoms with Crippen LogP contribution in [0, 0.1) is 0 Å². The van der Waals surface area contributed by atoms with Gasteiger partial charge in [-0.25, -0.2) is 0 Å². The van der Waals surface area contributed by atoms with E-state index < -0.39 is 6.51 Å². The fourth-order valence-corrected chi connectivity index (χ4v) is 91.6. The van der Waals surface area contributed by atoms with Crippen molar-refractivity contribution in [3.8, 4) is 0 Å². The van der Waals surface area contributed by atoms with Crippen LogP contribution in [-0.2, 0) is 6.51 Å². The zero-order chi connectivity index (χ0) is 19.2. The van der Waals surface area contributed by atoms with E-state index in [2.05, 4.69) is 72.8 Å². The normalized spacial score (nSPS) is 68.4. The van der Waals surface area contributed by atoms with Crippen LogP contribution in [0.2, 0.25) is 48.2 Å². The largest absolute Gasteiger partial charge is 0.0610 e. The van der Waals surface area contributed by atoms with Crippen LogP contribution >= 0.6 is 0 Å². The summed E-state index contributed by atoms with van der Waals surface area (Å²) in [4.78, 5) is 15.9. The SMILES string of the molecule is [CH]12[CH]3[CH]4[CH]5[CH]1[Fe]23451678[CH]2[CH]1[CH]6[CH]7[CH]28.c1cc2cccc3c4cccc5cccc(c(c1)c23)c54. The third kappa shape index (κ3) is 0.291. The average Bonchev–Trinajstić information content (AvgIpc) is 3.75. The Bertz CT molecular complexity index is 1820. The Morgan fingerprint density at radius 2 is 0.613 bits per heavy atom. The first-order valence-corrected chi connectivity index (χ1v) is 18.7. The van der Waals surface area contributed by atoms with Gasteiger partial charge in [0, 0.05) is 0 Å². The van der Waals surface area contributed by atoms with Crippen molar-refractivity contribution in [3.05, 3.63) is 72.8 Å². The van der Waals surface area contributed by atoms with Crippen molar-refractivity contribution >= 4 is 43.1 Å². The standard InChI is InChI=1S/C20H12.2C5H5.Fe/c1-5-13-6-2-11-17-18-12-4-8-14-7-3-10-16(20(14)18)15(9-1)19(13)17;2*1-2-4-5-3-1;/h1-12H;2*1-5H;. The quantitative estimate of drug-likeness (QED) is 0.128. The van der Waals surface area contributed by atoms with Gasteiger partial charge in [-0.05, 0) is 43.1 Å². The predicted octanol–water partition coefficient (Wildman–Crippen LogP) is 9.11. The van der Waals surface area contributed by atoms with E-state index in [1.807, 2.05) is 0 Å². The zero-order valence-corrected chi connectivity index (χ0v) is 18.2. The van der Waals surface area contributed by atoms with Crippen molar-refractivity contribution in [2.24, 2.45) is 0 Å². The Balaban J connectivity index is 0.0000000933. The molecule has 150 valence electrons. The van der Waals surface area contributed by atoms with Crippen LogP contribution in [0.4, 0.5) is 0 Å². The summed E-state index contributed by atoms with van der Waals surface area (Å²) >= 11 is 0. The molecule has 10 heterocycles. The maximum absolute atomic E-state index is 2.28. The second-order valence-corrected chi connectivity index (χ2v) is 38.9. The van der Waals surface area contributed by atoms with Gasteiger partial charge < -0.3 is 0 Å². The van der Waals surface area contributed by atoms with Crippen LogP contribution in [0.1, 0.15) is 0 Å². The molecule has 5 aromatic carbocycles. The molecular formula is C30H22Fe. The monoisotopic (exact) mass is 438 g/mol. The molecule has 1 spiro atoms. The van der Waals surface area contributed by atoms with Gasteiger partial charge >= 0.3 is 54.7 Å². The van der Waals surface area contributed by atoms with E-state index >= 15 is 0 Å². The number of fused-ring (bicyclic) bond motifs is 12. The third-order valence-corrected chi connectivity index (χ3v) is 60.9. The summed E-state index contributed by atoms with van der Waals surface area (Å²) < 4.78 is 0. The van der Waals surface area contributed by atoms with Crippen LogP contribution in [0.15, 0.2) is 72.8 Å². The summed E-state index contributed by atoms with van der Waals surface area (Å²) in [6.45, 7) is -2.28. The molecule has 0 unspecified atom stereocenters. The topological polar surface area (TPSA) is 0 Å². The van der Waals surface area contributed by atoms with E-state index in [0.717, 1.165) is 0 Å². The molecule has 0 radical (unpaired) electrons. The minimum atomic E-state index is -2.28. The summed E-state index contributed by atoms with van der Waals surface area (Å²) in [7, 11) is 0. The Hall–Kier alpha value is -2.08. The number of hydrogen-bond acceptors (Lipinski definition) is 0. The Morgan fingerprint density at radius 1 is 0.355 bits per heavy atom. The molecular weight excluding hydrogens is 416 g/mol. The van der Waals surface area contributed by atoms with Gasteiger partial charge in [-0.15, -0.1) is 0 Å². The molecule has 0 aromatic heterocycles. The second-order valence-electron chi connectivity index (χ2n) is 15.0. The van der Waals surface area contributed by atoms with E-state index in [-0.39, 0.29) is 0 Å².